The molecule has 1 N–H and O–H groups in total. The van der Waals surface area contributed by atoms with Gasteiger partial charge in [-0.05, 0) is 55.3 Å². The highest BCUT2D eigenvalue weighted by Crippen LogP contribution is 2.28. The largest absolute Gasteiger partial charge is 0.310 e. The highest BCUT2D eigenvalue weighted by molar-refractivity contribution is 7.17. The Hall–Kier alpha value is -0.930. The Morgan fingerprint density at radius 2 is 2.25 bits per heavy atom. The minimum absolute atomic E-state index is 0.401. The number of pyridine rings is 1. The molecular formula is C17H24N2S. The van der Waals surface area contributed by atoms with Gasteiger partial charge in [0, 0.05) is 12.2 Å². The van der Waals surface area contributed by atoms with Crippen LogP contribution < -0.4 is 5.32 Å². The van der Waals surface area contributed by atoms with E-state index in [1.165, 1.54) is 48.8 Å². The maximum Gasteiger partial charge on any atom is 0.0809 e. The number of hydrogen-bond donors (Lipinski definition) is 1. The highest BCUT2D eigenvalue weighted by Gasteiger charge is 2.14. The highest BCUT2D eigenvalue weighted by atomic mass is 32.1. The topological polar surface area (TPSA) is 24.9 Å². The van der Waals surface area contributed by atoms with Crippen molar-refractivity contribution < 1.29 is 0 Å². The Kier molecular flexibility index (Phi) is 4.69. The summed E-state index contributed by atoms with van der Waals surface area (Å²) in [6.07, 6.45) is 10.6. The van der Waals surface area contributed by atoms with Crippen molar-refractivity contribution in [2.24, 2.45) is 5.92 Å². The minimum atomic E-state index is 0.401. The van der Waals surface area contributed by atoms with Crippen molar-refractivity contribution in [2.75, 3.05) is 6.54 Å². The van der Waals surface area contributed by atoms with Gasteiger partial charge < -0.3 is 5.32 Å². The third-order valence-electron chi connectivity index (χ3n) is 4.54. The Bertz CT molecular complexity index is 543. The zero-order valence-electron chi connectivity index (χ0n) is 12.3. The Balaban J connectivity index is 1.46. The van der Waals surface area contributed by atoms with E-state index in [2.05, 4.69) is 34.7 Å². The van der Waals surface area contributed by atoms with E-state index in [0.29, 0.717) is 6.04 Å². The minimum Gasteiger partial charge on any atom is -0.310 e. The predicted molar refractivity (Wildman–Crippen MR) is 87.2 cm³/mol. The van der Waals surface area contributed by atoms with Crippen LogP contribution in [0, 0.1) is 5.92 Å². The van der Waals surface area contributed by atoms with Crippen LogP contribution in [0.5, 0.6) is 0 Å². The second-order valence-electron chi connectivity index (χ2n) is 6.04. The van der Waals surface area contributed by atoms with Gasteiger partial charge in [-0.15, -0.1) is 11.3 Å². The predicted octanol–water partition coefficient (Wildman–Crippen LogP) is 4.92. The fourth-order valence-corrected chi connectivity index (χ4v) is 4.01. The number of nitrogens with one attached hydrogen (secondary N) is 1. The molecule has 1 atom stereocenters. The summed E-state index contributed by atoms with van der Waals surface area (Å²) >= 11 is 1.77. The molecule has 2 heterocycles. The monoisotopic (exact) mass is 288 g/mol. The Morgan fingerprint density at radius 3 is 3.10 bits per heavy atom. The van der Waals surface area contributed by atoms with E-state index in [1.54, 1.807) is 11.3 Å². The molecule has 20 heavy (non-hydrogen) atoms. The third kappa shape index (κ3) is 3.39. The first-order valence-corrected chi connectivity index (χ1v) is 8.77. The molecule has 0 saturated heterocycles. The number of rotatable bonds is 6. The third-order valence-corrected chi connectivity index (χ3v) is 5.39. The zero-order chi connectivity index (χ0) is 13.8. The number of aromatic nitrogens is 1. The SMILES string of the molecule is CC(NCCCC1CCCC1)c1cnc2ccsc2c1. The molecule has 0 amide bonds. The van der Waals surface area contributed by atoms with Gasteiger partial charge in [-0.3, -0.25) is 4.98 Å². The molecule has 3 rings (SSSR count). The van der Waals surface area contributed by atoms with Gasteiger partial charge >= 0.3 is 0 Å². The molecule has 1 saturated carbocycles. The molecule has 0 aromatic carbocycles. The molecule has 2 aromatic rings. The second-order valence-corrected chi connectivity index (χ2v) is 6.99. The summed E-state index contributed by atoms with van der Waals surface area (Å²) < 4.78 is 1.29. The summed E-state index contributed by atoms with van der Waals surface area (Å²) in [5.41, 5.74) is 2.42. The summed E-state index contributed by atoms with van der Waals surface area (Å²) in [6, 6.07) is 4.77. The van der Waals surface area contributed by atoms with Crippen molar-refractivity contribution in [3.05, 3.63) is 29.3 Å². The number of fused-ring (bicyclic) bond motifs is 1. The molecule has 2 nitrogen and oxygen atoms in total. The Labute approximate surface area is 125 Å². The first-order valence-electron chi connectivity index (χ1n) is 7.89. The van der Waals surface area contributed by atoms with Gasteiger partial charge in [0.15, 0.2) is 0 Å². The quantitative estimate of drug-likeness (QED) is 0.763. The van der Waals surface area contributed by atoms with E-state index in [4.69, 9.17) is 0 Å². The standard InChI is InChI=1S/C17H24N2S/c1-13(18-9-4-7-14-5-2-3-6-14)15-11-17-16(19-12-15)8-10-20-17/h8,10-14,18H,2-7,9H2,1H3. The van der Waals surface area contributed by atoms with Gasteiger partial charge in [-0.25, -0.2) is 0 Å². The average Bonchev–Trinajstić information content (AvgIpc) is 3.13. The van der Waals surface area contributed by atoms with E-state index in [1.807, 2.05) is 6.20 Å². The van der Waals surface area contributed by atoms with Crippen LogP contribution in [-0.4, -0.2) is 11.5 Å². The van der Waals surface area contributed by atoms with Crippen LogP contribution in [0.2, 0.25) is 0 Å². The van der Waals surface area contributed by atoms with Gasteiger partial charge in [0.25, 0.3) is 0 Å². The van der Waals surface area contributed by atoms with Crippen LogP contribution >= 0.6 is 11.3 Å². The normalized spacial score (nSPS) is 17.9. The average molecular weight is 288 g/mol. The molecule has 0 spiro atoms. The summed E-state index contributed by atoms with van der Waals surface area (Å²) in [5, 5.41) is 5.76. The molecule has 2 aromatic heterocycles. The first-order chi connectivity index (χ1) is 9.83. The van der Waals surface area contributed by atoms with Crippen LogP contribution in [0.4, 0.5) is 0 Å². The molecule has 3 heteroatoms. The second kappa shape index (κ2) is 6.68. The lowest BCUT2D eigenvalue weighted by molar-refractivity contribution is 0.456. The molecule has 0 radical (unpaired) electrons. The van der Waals surface area contributed by atoms with Gasteiger partial charge in [-0.1, -0.05) is 25.7 Å². The number of hydrogen-bond acceptors (Lipinski definition) is 3. The van der Waals surface area contributed by atoms with E-state index in [-0.39, 0.29) is 0 Å². The van der Waals surface area contributed by atoms with Crippen molar-refractivity contribution in [1.82, 2.24) is 10.3 Å². The molecule has 108 valence electrons. The molecular weight excluding hydrogens is 264 g/mol. The van der Waals surface area contributed by atoms with Crippen LogP contribution in [0.3, 0.4) is 0 Å². The molecule has 0 bridgehead atoms. The zero-order valence-corrected chi connectivity index (χ0v) is 13.1. The van der Waals surface area contributed by atoms with E-state index < -0.39 is 0 Å². The van der Waals surface area contributed by atoms with Crippen molar-refractivity contribution in [1.29, 1.82) is 0 Å². The van der Waals surface area contributed by atoms with E-state index in [9.17, 15) is 0 Å². The molecule has 0 aliphatic heterocycles. The van der Waals surface area contributed by atoms with Crippen LogP contribution in [-0.2, 0) is 0 Å². The molecule has 1 unspecified atom stereocenters. The lowest BCUT2D eigenvalue weighted by Gasteiger charge is -2.15. The van der Waals surface area contributed by atoms with Gasteiger partial charge in [0.1, 0.15) is 0 Å². The fourth-order valence-electron chi connectivity index (χ4n) is 3.22. The van der Waals surface area contributed by atoms with Gasteiger partial charge in [0.2, 0.25) is 0 Å². The fraction of sp³-hybridized carbons (Fsp3) is 0.588. The van der Waals surface area contributed by atoms with Crippen molar-refractivity contribution in [3.8, 4) is 0 Å². The smallest absolute Gasteiger partial charge is 0.0809 e. The lowest BCUT2D eigenvalue weighted by atomic mass is 10.0. The molecule has 1 aliphatic carbocycles. The number of nitrogens with zero attached hydrogens (tertiary/aromatic N) is 1. The molecule has 1 aliphatic rings. The first kappa shape index (κ1) is 14.0. The van der Waals surface area contributed by atoms with Crippen LogP contribution in [0.15, 0.2) is 23.7 Å². The Morgan fingerprint density at radius 1 is 1.40 bits per heavy atom. The van der Waals surface area contributed by atoms with Crippen LogP contribution in [0.25, 0.3) is 10.2 Å². The van der Waals surface area contributed by atoms with Gasteiger partial charge in [-0.2, -0.15) is 0 Å². The maximum absolute atomic E-state index is 4.52. The van der Waals surface area contributed by atoms with Crippen LogP contribution in [0.1, 0.15) is 57.1 Å². The summed E-state index contributed by atoms with van der Waals surface area (Å²) in [4.78, 5) is 4.52. The number of thiophene rings is 1. The summed E-state index contributed by atoms with van der Waals surface area (Å²) in [5.74, 6) is 1.01. The lowest BCUT2D eigenvalue weighted by Crippen LogP contribution is -2.20. The van der Waals surface area contributed by atoms with Gasteiger partial charge in [0.05, 0.1) is 10.2 Å². The van der Waals surface area contributed by atoms with E-state index in [0.717, 1.165) is 18.0 Å². The van der Waals surface area contributed by atoms with Crippen molar-refractivity contribution in [3.63, 3.8) is 0 Å². The van der Waals surface area contributed by atoms with Crippen molar-refractivity contribution in [2.45, 2.75) is 51.5 Å². The maximum atomic E-state index is 4.52. The molecule has 1 fully saturated rings. The van der Waals surface area contributed by atoms with Crippen molar-refractivity contribution >= 4 is 21.6 Å². The summed E-state index contributed by atoms with van der Waals surface area (Å²) in [6.45, 7) is 3.37. The summed E-state index contributed by atoms with van der Waals surface area (Å²) in [7, 11) is 0. The van der Waals surface area contributed by atoms with E-state index >= 15 is 0 Å².